The first-order valence-corrected chi connectivity index (χ1v) is 14.3. The van der Waals surface area contributed by atoms with Crippen molar-refractivity contribution in [1.82, 2.24) is 10.2 Å². The number of nitrogens with one attached hydrogen (secondary N) is 2. The van der Waals surface area contributed by atoms with Crippen LogP contribution in [0, 0.1) is 11.8 Å². The third-order valence-corrected chi connectivity index (χ3v) is 8.84. The molecular weight excluding hydrogens is 550 g/mol. The van der Waals surface area contributed by atoms with E-state index in [4.69, 9.17) is 9.84 Å². The van der Waals surface area contributed by atoms with Crippen molar-refractivity contribution in [2.24, 2.45) is 11.8 Å². The van der Waals surface area contributed by atoms with Gasteiger partial charge in [-0.2, -0.15) is 0 Å². The molecule has 3 aliphatic heterocycles. The standard InChI is InChI=1S/C29H34BrN3O5/c30-21-17-29-23(22(24(21)38-29)26(35)32-20-13-7-4-8-14-20)28(37)33(15-9-1-2-10-16-34)25(29)27(36)31-18-19-11-5-3-6-12-19/h3-8,11-14,21-25,34H,1-2,9-10,15-18H2,(H,31,36)(H,32,35)/t21?,22-,23+,24-,25?,29?/m1/s1. The van der Waals surface area contributed by atoms with Gasteiger partial charge in [-0.15, -0.1) is 0 Å². The zero-order valence-corrected chi connectivity index (χ0v) is 22.8. The summed E-state index contributed by atoms with van der Waals surface area (Å²) in [7, 11) is 0. The Morgan fingerprint density at radius 1 is 1.00 bits per heavy atom. The van der Waals surface area contributed by atoms with Gasteiger partial charge in [-0.25, -0.2) is 0 Å². The quantitative estimate of drug-likeness (QED) is 0.278. The second-order valence-corrected chi connectivity index (χ2v) is 11.6. The fraction of sp³-hybridized carbons (Fsp3) is 0.483. The highest BCUT2D eigenvalue weighted by Crippen LogP contribution is 2.60. The maximum atomic E-state index is 14.0. The van der Waals surface area contributed by atoms with Gasteiger partial charge in [0.2, 0.25) is 17.7 Å². The Bertz CT molecular complexity index is 1150. The van der Waals surface area contributed by atoms with E-state index in [1.54, 1.807) is 4.90 Å². The van der Waals surface area contributed by atoms with Gasteiger partial charge in [0, 0.05) is 30.2 Å². The molecule has 0 aromatic heterocycles. The molecule has 8 nitrogen and oxygen atoms in total. The summed E-state index contributed by atoms with van der Waals surface area (Å²) >= 11 is 3.70. The average Bonchev–Trinajstić information content (AvgIpc) is 3.52. The molecular formula is C29H34BrN3O5. The molecule has 38 heavy (non-hydrogen) atoms. The lowest BCUT2D eigenvalue weighted by molar-refractivity contribution is -0.141. The van der Waals surface area contributed by atoms with E-state index in [2.05, 4.69) is 26.6 Å². The number of aliphatic hydroxyl groups excluding tert-OH is 1. The van der Waals surface area contributed by atoms with Crippen LogP contribution in [0.2, 0.25) is 0 Å². The van der Waals surface area contributed by atoms with Gasteiger partial charge in [0.05, 0.1) is 17.9 Å². The van der Waals surface area contributed by atoms with Crippen LogP contribution >= 0.6 is 15.9 Å². The van der Waals surface area contributed by atoms with Crippen LogP contribution in [-0.4, -0.2) is 63.5 Å². The highest BCUT2D eigenvalue weighted by molar-refractivity contribution is 9.09. The van der Waals surface area contributed by atoms with Gasteiger partial charge in [0.25, 0.3) is 0 Å². The van der Waals surface area contributed by atoms with Gasteiger partial charge >= 0.3 is 0 Å². The highest BCUT2D eigenvalue weighted by atomic mass is 79.9. The Kier molecular flexibility index (Phi) is 8.16. The minimum atomic E-state index is -1.07. The summed E-state index contributed by atoms with van der Waals surface area (Å²) in [5, 5.41) is 15.1. The van der Waals surface area contributed by atoms with Gasteiger partial charge in [0.1, 0.15) is 11.6 Å². The number of hydrogen-bond donors (Lipinski definition) is 3. The molecule has 2 aromatic rings. The van der Waals surface area contributed by atoms with Crippen molar-refractivity contribution in [2.75, 3.05) is 18.5 Å². The largest absolute Gasteiger partial charge is 0.396 e. The molecule has 202 valence electrons. The number of aliphatic hydroxyl groups is 1. The maximum absolute atomic E-state index is 14.0. The SMILES string of the molecule is O=C(NCc1ccccc1)C1N(CCCCCCO)C(=O)[C@@H]2[C@@H](C(=O)Nc3ccccc3)[C@@H]3OC12CC3Br. The molecule has 0 aliphatic carbocycles. The molecule has 1 spiro atoms. The number of likely N-dealkylation sites (tertiary alicyclic amines) is 1. The van der Waals surface area contributed by atoms with Crippen molar-refractivity contribution in [3.8, 4) is 0 Å². The number of anilines is 1. The number of hydrogen-bond acceptors (Lipinski definition) is 5. The molecule has 3 unspecified atom stereocenters. The number of carbonyl (C=O) groups excluding carboxylic acids is 3. The van der Waals surface area contributed by atoms with Gasteiger partial charge < -0.3 is 25.4 Å². The molecule has 3 fully saturated rings. The molecule has 9 heteroatoms. The number of para-hydroxylation sites is 1. The van der Waals surface area contributed by atoms with E-state index in [-0.39, 0.29) is 29.2 Å². The molecule has 0 saturated carbocycles. The summed E-state index contributed by atoms with van der Waals surface area (Å²) < 4.78 is 6.53. The second-order valence-electron chi connectivity index (χ2n) is 10.4. The zero-order valence-electron chi connectivity index (χ0n) is 21.2. The topological polar surface area (TPSA) is 108 Å². The van der Waals surface area contributed by atoms with E-state index < -0.39 is 29.6 Å². The summed E-state index contributed by atoms with van der Waals surface area (Å²) in [5.74, 6) is -2.15. The normalized spacial score (nSPS) is 29.4. The van der Waals surface area contributed by atoms with Crippen LogP contribution in [0.15, 0.2) is 60.7 Å². The van der Waals surface area contributed by atoms with Crippen LogP contribution in [0.25, 0.3) is 0 Å². The van der Waals surface area contributed by atoms with Crippen molar-refractivity contribution in [3.05, 3.63) is 66.2 Å². The van der Waals surface area contributed by atoms with Crippen molar-refractivity contribution >= 4 is 39.3 Å². The number of halogens is 1. The molecule has 3 aliphatic rings. The van der Waals surface area contributed by atoms with Gasteiger partial charge in [0.15, 0.2) is 0 Å². The fourth-order valence-electron chi connectivity index (χ4n) is 6.35. The van der Waals surface area contributed by atoms with E-state index in [9.17, 15) is 14.4 Å². The van der Waals surface area contributed by atoms with Crippen molar-refractivity contribution in [3.63, 3.8) is 0 Å². The first kappa shape index (κ1) is 26.8. The molecule has 2 bridgehead atoms. The maximum Gasteiger partial charge on any atom is 0.246 e. The molecule has 3 N–H and O–H groups in total. The zero-order chi connectivity index (χ0) is 26.7. The Balaban J connectivity index is 1.41. The number of nitrogens with zero attached hydrogens (tertiary/aromatic N) is 1. The number of benzene rings is 2. The lowest BCUT2D eigenvalue weighted by Gasteiger charge is -2.34. The number of unbranched alkanes of at least 4 members (excludes halogenated alkanes) is 3. The Hall–Kier alpha value is -2.75. The number of rotatable bonds is 11. The number of carbonyl (C=O) groups is 3. The fourth-order valence-corrected chi connectivity index (χ4v) is 7.29. The molecule has 6 atom stereocenters. The molecule has 2 aromatic carbocycles. The predicted molar refractivity (Wildman–Crippen MR) is 146 cm³/mol. The van der Waals surface area contributed by atoms with Crippen LogP contribution in [0.5, 0.6) is 0 Å². The van der Waals surface area contributed by atoms with E-state index >= 15 is 0 Å². The second kappa shape index (κ2) is 11.6. The van der Waals surface area contributed by atoms with Crippen molar-refractivity contribution < 1.29 is 24.2 Å². The number of fused-ring (bicyclic) bond motifs is 1. The first-order chi connectivity index (χ1) is 18.5. The monoisotopic (exact) mass is 583 g/mol. The summed E-state index contributed by atoms with van der Waals surface area (Å²) in [6.45, 7) is 0.882. The van der Waals surface area contributed by atoms with E-state index in [1.807, 2.05) is 60.7 Å². The summed E-state index contributed by atoms with van der Waals surface area (Å²) in [4.78, 5) is 42.8. The van der Waals surface area contributed by atoms with Crippen LogP contribution in [-0.2, 0) is 25.7 Å². The minimum Gasteiger partial charge on any atom is -0.396 e. The molecule has 5 rings (SSSR count). The van der Waals surface area contributed by atoms with E-state index in [0.29, 0.717) is 38.0 Å². The average molecular weight is 585 g/mol. The van der Waals surface area contributed by atoms with Crippen molar-refractivity contribution in [2.45, 2.75) is 61.2 Å². The lowest BCUT2D eigenvalue weighted by Crippen LogP contribution is -2.55. The van der Waals surface area contributed by atoms with Crippen LogP contribution in [0.4, 0.5) is 5.69 Å². The first-order valence-electron chi connectivity index (χ1n) is 13.4. The van der Waals surface area contributed by atoms with Gasteiger partial charge in [-0.1, -0.05) is 77.3 Å². The van der Waals surface area contributed by atoms with Gasteiger partial charge in [-0.3, -0.25) is 14.4 Å². The third-order valence-electron chi connectivity index (χ3n) is 8.00. The number of ether oxygens (including phenoxy) is 1. The van der Waals surface area contributed by atoms with E-state index in [1.165, 1.54) is 0 Å². The third kappa shape index (κ3) is 4.99. The number of alkyl halides is 1. The summed E-state index contributed by atoms with van der Waals surface area (Å²) in [5.41, 5.74) is 0.550. The smallest absolute Gasteiger partial charge is 0.246 e. The Morgan fingerprint density at radius 2 is 1.68 bits per heavy atom. The predicted octanol–water partition coefficient (Wildman–Crippen LogP) is 3.24. The Morgan fingerprint density at radius 3 is 2.39 bits per heavy atom. The molecule has 3 amide bonds. The van der Waals surface area contributed by atoms with Crippen LogP contribution in [0.1, 0.15) is 37.7 Å². The minimum absolute atomic E-state index is 0.137. The van der Waals surface area contributed by atoms with Crippen LogP contribution in [0.3, 0.4) is 0 Å². The molecule has 3 saturated heterocycles. The summed E-state index contributed by atoms with van der Waals surface area (Å²) in [6, 6.07) is 18.0. The molecule has 0 radical (unpaired) electrons. The van der Waals surface area contributed by atoms with Gasteiger partial charge in [-0.05, 0) is 37.0 Å². The van der Waals surface area contributed by atoms with Crippen molar-refractivity contribution in [1.29, 1.82) is 0 Å². The van der Waals surface area contributed by atoms with E-state index in [0.717, 1.165) is 18.4 Å². The van der Waals surface area contributed by atoms with Crippen LogP contribution < -0.4 is 10.6 Å². The number of amides is 3. The Labute approximate surface area is 231 Å². The lowest BCUT2D eigenvalue weighted by atomic mass is 9.70. The molecule has 3 heterocycles. The highest BCUT2D eigenvalue weighted by Gasteiger charge is 2.76. The summed E-state index contributed by atoms with van der Waals surface area (Å²) in [6.07, 6.45) is 3.08.